The highest BCUT2D eigenvalue weighted by Gasteiger charge is 2.71. The number of hydrogen-bond donors (Lipinski definition) is 1. The molecule has 2 aliphatic rings. The maximum Gasteiger partial charge on any atom is 0.366 e. The SMILES string of the molecule is Cc1ccc(NC(=O)C23CCC(C)(/C(=N/OC(=O)c4cc([N+](=O)[O-])cc([N+](=O)[O-])c4)C2)C3(C)C)cc1. The van der Waals surface area contributed by atoms with Crippen molar-refractivity contribution in [2.24, 2.45) is 21.4 Å². The Bertz CT molecular complexity index is 1290. The third-order valence-corrected chi connectivity index (χ3v) is 8.28. The van der Waals surface area contributed by atoms with Crippen LogP contribution in [0, 0.1) is 43.4 Å². The Hall–Kier alpha value is -4.15. The molecule has 11 heteroatoms. The minimum Gasteiger partial charge on any atom is -0.326 e. The second-order valence-corrected chi connectivity index (χ2v) is 10.2. The van der Waals surface area contributed by atoms with Crippen LogP contribution in [0.25, 0.3) is 0 Å². The molecule has 1 amide bonds. The van der Waals surface area contributed by atoms with Crippen LogP contribution in [0.2, 0.25) is 0 Å². The second-order valence-electron chi connectivity index (χ2n) is 10.2. The van der Waals surface area contributed by atoms with Crippen LogP contribution >= 0.6 is 0 Å². The number of rotatable bonds is 6. The summed E-state index contributed by atoms with van der Waals surface area (Å²) < 4.78 is 0. The van der Waals surface area contributed by atoms with Crippen LogP contribution in [0.15, 0.2) is 47.6 Å². The van der Waals surface area contributed by atoms with E-state index >= 15 is 0 Å². The number of nitrogens with zero attached hydrogens (tertiary/aromatic N) is 3. The number of amides is 1. The number of oxime groups is 1. The number of anilines is 1. The minimum absolute atomic E-state index is 0.133. The third kappa shape index (κ3) is 3.80. The summed E-state index contributed by atoms with van der Waals surface area (Å²) in [5, 5.41) is 29.4. The van der Waals surface area contributed by atoms with Gasteiger partial charge in [0.1, 0.15) is 0 Å². The summed E-state index contributed by atoms with van der Waals surface area (Å²) in [7, 11) is 0. The maximum absolute atomic E-state index is 13.5. The lowest BCUT2D eigenvalue weighted by Crippen LogP contribution is -2.43. The van der Waals surface area contributed by atoms with E-state index in [1.54, 1.807) is 0 Å². The molecule has 4 rings (SSSR count). The number of nitrogens with one attached hydrogen (secondary N) is 1. The molecule has 2 aliphatic carbocycles. The van der Waals surface area contributed by atoms with Crippen molar-refractivity contribution >= 4 is 34.7 Å². The van der Waals surface area contributed by atoms with E-state index < -0.39 is 43.4 Å². The van der Waals surface area contributed by atoms with Crippen LogP contribution in [0.5, 0.6) is 0 Å². The molecule has 1 N–H and O–H groups in total. The second kappa shape index (κ2) is 8.51. The molecule has 11 nitrogen and oxygen atoms in total. The predicted octanol–water partition coefficient (Wildman–Crippen LogP) is 5.18. The molecule has 2 fully saturated rings. The summed E-state index contributed by atoms with van der Waals surface area (Å²) in [4.78, 5) is 51.9. The van der Waals surface area contributed by atoms with Crippen molar-refractivity contribution < 1.29 is 24.3 Å². The van der Waals surface area contributed by atoms with Crippen molar-refractivity contribution in [3.8, 4) is 0 Å². The number of fused-ring (bicyclic) bond motifs is 2. The molecule has 2 saturated carbocycles. The van der Waals surface area contributed by atoms with Crippen molar-refractivity contribution in [3.63, 3.8) is 0 Å². The van der Waals surface area contributed by atoms with E-state index in [2.05, 4.69) is 10.5 Å². The number of aryl methyl sites for hydroxylation is 1. The predicted molar refractivity (Wildman–Crippen MR) is 131 cm³/mol. The van der Waals surface area contributed by atoms with Gasteiger partial charge in [-0.2, -0.15) is 0 Å². The molecule has 2 aromatic carbocycles. The molecule has 2 aromatic rings. The first-order valence-electron chi connectivity index (χ1n) is 11.4. The summed E-state index contributed by atoms with van der Waals surface area (Å²) in [6.07, 6.45) is 1.56. The van der Waals surface area contributed by atoms with Gasteiger partial charge in [-0.25, -0.2) is 4.79 Å². The zero-order valence-electron chi connectivity index (χ0n) is 20.4. The molecule has 2 unspecified atom stereocenters. The molecule has 188 valence electrons. The number of carbonyl (C=O) groups is 2. The van der Waals surface area contributed by atoms with E-state index in [4.69, 9.17) is 4.84 Å². The highest BCUT2D eigenvalue weighted by Crippen LogP contribution is 2.71. The highest BCUT2D eigenvalue weighted by atomic mass is 16.7. The molecule has 36 heavy (non-hydrogen) atoms. The zero-order chi connectivity index (χ0) is 26.5. The van der Waals surface area contributed by atoms with Gasteiger partial charge in [0, 0.05) is 29.7 Å². The molecule has 0 saturated heterocycles. The van der Waals surface area contributed by atoms with E-state index in [1.165, 1.54) is 0 Å². The van der Waals surface area contributed by atoms with Gasteiger partial charge in [0.25, 0.3) is 11.4 Å². The highest BCUT2D eigenvalue weighted by molar-refractivity contribution is 6.06. The van der Waals surface area contributed by atoms with Crippen LogP contribution in [0.1, 0.15) is 56.0 Å². The van der Waals surface area contributed by atoms with Crippen molar-refractivity contribution in [2.45, 2.75) is 47.0 Å². The molecule has 0 spiro atoms. The summed E-state index contributed by atoms with van der Waals surface area (Å²) in [6, 6.07) is 10.1. The summed E-state index contributed by atoms with van der Waals surface area (Å²) in [5.41, 5.74) is -1.10. The van der Waals surface area contributed by atoms with Crippen molar-refractivity contribution in [1.82, 2.24) is 0 Å². The fourth-order valence-electron chi connectivity index (χ4n) is 5.48. The van der Waals surface area contributed by atoms with Crippen LogP contribution in [-0.2, 0) is 9.63 Å². The standard InChI is InChI=1S/C25H26N4O7/c1-15-5-7-17(8-6-15)26-22(31)25-10-9-24(4,23(25,2)3)20(14-25)27-36-21(30)16-11-18(28(32)33)13-19(12-16)29(34)35/h5-8,11-13H,9-10,14H2,1-4H3,(H,26,31)/b27-20+. The first-order chi connectivity index (χ1) is 16.8. The van der Waals surface area contributed by atoms with Gasteiger partial charge in [-0.15, -0.1) is 0 Å². The smallest absolute Gasteiger partial charge is 0.326 e. The van der Waals surface area contributed by atoms with Crippen molar-refractivity contribution in [3.05, 3.63) is 73.8 Å². The summed E-state index contributed by atoms with van der Waals surface area (Å²) in [5.74, 6) is -1.19. The Morgan fingerprint density at radius 3 is 2.11 bits per heavy atom. The Balaban J connectivity index is 1.60. The average molecular weight is 495 g/mol. The number of hydrogen-bond acceptors (Lipinski definition) is 8. The van der Waals surface area contributed by atoms with E-state index in [-0.39, 0.29) is 17.9 Å². The summed E-state index contributed by atoms with van der Waals surface area (Å²) >= 11 is 0. The van der Waals surface area contributed by atoms with Crippen molar-refractivity contribution in [2.75, 3.05) is 5.32 Å². The third-order valence-electron chi connectivity index (χ3n) is 8.28. The fourth-order valence-corrected chi connectivity index (χ4v) is 5.48. The molecule has 2 bridgehead atoms. The zero-order valence-corrected chi connectivity index (χ0v) is 20.4. The van der Waals surface area contributed by atoms with Gasteiger partial charge in [-0.3, -0.25) is 25.0 Å². The molecule has 0 radical (unpaired) electrons. The normalized spacial score (nSPS) is 24.9. The minimum atomic E-state index is -1.06. The Morgan fingerprint density at radius 1 is 0.972 bits per heavy atom. The van der Waals surface area contributed by atoms with Crippen LogP contribution in [0.4, 0.5) is 17.1 Å². The fraction of sp³-hybridized carbons (Fsp3) is 0.400. The number of nitro benzene ring substituents is 2. The molecular formula is C25H26N4O7. The van der Waals surface area contributed by atoms with E-state index in [0.29, 0.717) is 24.2 Å². The van der Waals surface area contributed by atoms with Gasteiger partial charge >= 0.3 is 5.97 Å². The Kier molecular flexibility index (Phi) is 5.90. The molecule has 2 atom stereocenters. The van der Waals surface area contributed by atoms with Crippen LogP contribution < -0.4 is 5.32 Å². The van der Waals surface area contributed by atoms with Gasteiger partial charge in [0.15, 0.2) is 0 Å². The van der Waals surface area contributed by atoms with Gasteiger partial charge in [0.2, 0.25) is 5.91 Å². The number of non-ortho nitro benzene ring substituents is 2. The Morgan fingerprint density at radius 2 is 1.56 bits per heavy atom. The lowest BCUT2D eigenvalue weighted by molar-refractivity contribution is -0.394. The van der Waals surface area contributed by atoms with E-state index in [9.17, 15) is 29.8 Å². The van der Waals surface area contributed by atoms with Gasteiger partial charge in [-0.05, 0) is 37.3 Å². The largest absolute Gasteiger partial charge is 0.366 e. The summed E-state index contributed by atoms with van der Waals surface area (Å²) in [6.45, 7) is 7.94. The van der Waals surface area contributed by atoms with Crippen molar-refractivity contribution in [1.29, 1.82) is 0 Å². The number of benzene rings is 2. The quantitative estimate of drug-likeness (QED) is 0.330. The van der Waals surface area contributed by atoms with E-state index in [0.717, 1.165) is 23.8 Å². The lowest BCUT2D eigenvalue weighted by Gasteiger charge is -2.39. The average Bonchev–Trinajstić information content (AvgIpc) is 3.14. The molecule has 0 aromatic heterocycles. The van der Waals surface area contributed by atoms with E-state index in [1.807, 2.05) is 52.0 Å². The Labute approximate surface area is 206 Å². The van der Waals surface area contributed by atoms with Crippen LogP contribution in [0.3, 0.4) is 0 Å². The lowest BCUT2D eigenvalue weighted by atomic mass is 9.64. The molecular weight excluding hydrogens is 468 g/mol. The van der Waals surface area contributed by atoms with Gasteiger partial charge < -0.3 is 10.2 Å². The monoisotopic (exact) mass is 494 g/mol. The van der Waals surface area contributed by atoms with Gasteiger partial charge in [-0.1, -0.05) is 43.6 Å². The number of carbonyl (C=O) groups excluding carboxylic acids is 2. The first-order valence-corrected chi connectivity index (χ1v) is 11.4. The first kappa shape index (κ1) is 25.0. The molecule has 0 heterocycles. The van der Waals surface area contributed by atoms with Crippen LogP contribution in [-0.4, -0.2) is 27.4 Å². The topological polar surface area (TPSA) is 154 Å². The molecule has 0 aliphatic heterocycles. The maximum atomic E-state index is 13.5. The number of nitro groups is 2. The van der Waals surface area contributed by atoms with Gasteiger partial charge in [0.05, 0.1) is 32.6 Å².